The second kappa shape index (κ2) is 7.54. The molecule has 0 radical (unpaired) electrons. The molecule has 0 spiro atoms. The molecule has 0 atom stereocenters. The predicted molar refractivity (Wildman–Crippen MR) is 105 cm³/mol. The second-order valence-electron chi connectivity index (χ2n) is 7.28. The average Bonchev–Trinajstić information content (AvgIpc) is 3.55. The zero-order valence-corrected chi connectivity index (χ0v) is 16.2. The Kier molecular flexibility index (Phi) is 4.94. The monoisotopic (exact) mass is 380 g/mol. The van der Waals surface area contributed by atoms with Crippen LogP contribution < -0.4 is 14.8 Å². The Balaban J connectivity index is 1.47. The van der Waals surface area contributed by atoms with Gasteiger partial charge in [0.25, 0.3) is 11.8 Å². The van der Waals surface area contributed by atoms with Crippen molar-refractivity contribution >= 4 is 11.8 Å². The molecule has 0 unspecified atom stereocenters. The molecule has 2 aliphatic rings. The number of rotatable bonds is 5. The molecule has 2 amide bonds. The van der Waals surface area contributed by atoms with Crippen LogP contribution in [0.4, 0.5) is 0 Å². The maximum atomic E-state index is 12.9. The first-order valence-corrected chi connectivity index (χ1v) is 9.53. The predicted octanol–water partition coefficient (Wildman–Crippen LogP) is 2.79. The Morgan fingerprint density at radius 3 is 2.18 bits per heavy atom. The summed E-state index contributed by atoms with van der Waals surface area (Å²) < 4.78 is 10.7. The van der Waals surface area contributed by atoms with Crippen LogP contribution in [-0.4, -0.2) is 43.5 Å². The number of carbonyl (C=O) groups is 2. The summed E-state index contributed by atoms with van der Waals surface area (Å²) in [5.41, 5.74) is 3.42. The largest absolute Gasteiger partial charge is 0.493 e. The number of amides is 2. The van der Waals surface area contributed by atoms with Gasteiger partial charge < -0.3 is 19.7 Å². The fourth-order valence-electron chi connectivity index (χ4n) is 3.50. The zero-order chi connectivity index (χ0) is 19.7. The summed E-state index contributed by atoms with van der Waals surface area (Å²) in [5.74, 6) is 1.27. The summed E-state index contributed by atoms with van der Waals surface area (Å²) in [6.45, 7) is 1.17. The molecule has 0 saturated heterocycles. The maximum absolute atomic E-state index is 12.9. The van der Waals surface area contributed by atoms with Crippen molar-refractivity contribution in [2.75, 3.05) is 20.8 Å². The van der Waals surface area contributed by atoms with E-state index >= 15 is 0 Å². The molecule has 4 rings (SSSR count). The first-order valence-electron chi connectivity index (χ1n) is 9.53. The van der Waals surface area contributed by atoms with E-state index in [9.17, 15) is 9.59 Å². The fourth-order valence-corrected chi connectivity index (χ4v) is 3.50. The van der Waals surface area contributed by atoms with Crippen LogP contribution in [0.5, 0.6) is 11.5 Å². The maximum Gasteiger partial charge on any atom is 0.254 e. The Labute approximate surface area is 164 Å². The summed E-state index contributed by atoms with van der Waals surface area (Å²) in [6, 6.07) is 11.1. The van der Waals surface area contributed by atoms with Crippen LogP contribution in [0, 0.1) is 0 Å². The number of hydrogen-bond donors (Lipinski definition) is 1. The third kappa shape index (κ3) is 3.67. The Morgan fingerprint density at radius 1 is 0.964 bits per heavy atom. The smallest absolute Gasteiger partial charge is 0.254 e. The lowest BCUT2D eigenvalue weighted by atomic mass is 9.98. The third-order valence-electron chi connectivity index (χ3n) is 5.31. The van der Waals surface area contributed by atoms with Gasteiger partial charge in [-0.05, 0) is 66.8 Å². The number of nitrogens with zero attached hydrogens (tertiary/aromatic N) is 1. The number of nitrogens with one attached hydrogen (secondary N) is 1. The molecule has 1 aliphatic heterocycles. The molecule has 28 heavy (non-hydrogen) atoms. The summed E-state index contributed by atoms with van der Waals surface area (Å²) in [7, 11) is 3.23. The van der Waals surface area contributed by atoms with Gasteiger partial charge in [0.05, 0.1) is 14.2 Å². The molecule has 1 heterocycles. The lowest BCUT2D eigenvalue weighted by Gasteiger charge is -2.29. The Hall–Kier alpha value is -3.02. The van der Waals surface area contributed by atoms with Gasteiger partial charge in [0, 0.05) is 30.3 Å². The van der Waals surface area contributed by atoms with Crippen LogP contribution in [0.3, 0.4) is 0 Å². The van der Waals surface area contributed by atoms with Crippen LogP contribution >= 0.6 is 0 Å². The summed E-state index contributed by atoms with van der Waals surface area (Å²) in [6.07, 6.45) is 2.87. The SMILES string of the molecule is COc1cc2c(cc1OC)CN(C(=O)c1ccc(C(=O)NC3CC3)cc1)CC2. The number of ether oxygens (including phenoxy) is 2. The van der Waals surface area contributed by atoms with E-state index in [0.717, 1.165) is 24.8 Å². The van der Waals surface area contributed by atoms with Gasteiger partial charge in [-0.15, -0.1) is 0 Å². The second-order valence-corrected chi connectivity index (χ2v) is 7.28. The first kappa shape index (κ1) is 18.3. The van der Waals surface area contributed by atoms with Gasteiger partial charge in [0.1, 0.15) is 0 Å². The molecule has 0 aromatic heterocycles. The molecular weight excluding hydrogens is 356 g/mol. The van der Waals surface area contributed by atoms with Gasteiger partial charge in [-0.1, -0.05) is 0 Å². The highest BCUT2D eigenvalue weighted by Gasteiger charge is 2.25. The molecule has 2 aromatic carbocycles. The first-order chi connectivity index (χ1) is 13.6. The molecule has 1 saturated carbocycles. The van der Waals surface area contributed by atoms with Crippen LogP contribution in [0.15, 0.2) is 36.4 Å². The quantitative estimate of drug-likeness (QED) is 0.866. The van der Waals surface area contributed by atoms with Crippen molar-refractivity contribution in [3.63, 3.8) is 0 Å². The van der Waals surface area contributed by atoms with Crippen molar-refractivity contribution in [3.8, 4) is 11.5 Å². The van der Waals surface area contributed by atoms with Gasteiger partial charge in [-0.3, -0.25) is 9.59 Å². The lowest BCUT2D eigenvalue weighted by Crippen LogP contribution is -2.36. The minimum Gasteiger partial charge on any atom is -0.493 e. The van der Waals surface area contributed by atoms with Gasteiger partial charge in [-0.2, -0.15) is 0 Å². The molecule has 1 N–H and O–H groups in total. The van der Waals surface area contributed by atoms with Crippen LogP contribution in [0.1, 0.15) is 44.7 Å². The Morgan fingerprint density at radius 2 is 1.57 bits per heavy atom. The third-order valence-corrected chi connectivity index (χ3v) is 5.31. The van der Waals surface area contributed by atoms with Crippen molar-refractivity contribution in [2.24, 2.45) is 0 Å². The molecule has 1 fully saturated rings. The van der Waals surface area contributed by atoms with Crippen molar-refractivity contribution in [2.45, 2.75) is 31.8 Å². The van der Waals surface area contributed by atoms with E-state index in [2.05, 4.69) is 5.32 Å². The zero-order valence-electron chi connectivity index (χ0n) is 16.2. The van der Waals surface area contributed by atoms with Crippen LogP contribution in [0.25, 0.3) is 0 Å². The molecule has 6 heteroatoms. The van der Waals surface area contributed by atoms with Crippen LogP contribution in [-0.2, 0) is 13.0 Å². The molecule has 146 valence electrons. The van der Waals surface area contributed by atoms with Crippen LogP contribution in [0.2, 0.25) is 0 Å². The lowest BCUT2D eigenvalue weighted by molar-refractivity contribution is 0.0734. The Bertz CT molecular complexity index is 903. The van der Waals surface area contributed by atoms with E-state index in [1.807, 2.05) is 17.0 Å². The van der Waals surface area contributed by atoms with E-state index in [1.165, 1.54) is 5.56 Å². The normalized spacial score (nSPS) is 15.6. The standard InChI is InChI=1S/C22H24N2O4/c1-27-19-11-16-9-10-24(13-17(16)12-20(19)28-2)22(26)15-5-3-14(4-6-15)21(25)23-18-7-8-18/h3-6,11-12,18H,7-10,13H2,1-2H3,(H,23,25). The van der Waals surface area contributed by atoms with E-state index in [4.69, 9.17) is 9.47 Å². The highest BCUT2D eigenvalue weighted by molar-refractivity contribution is 5.98. The minimum atomic E-state index is -0.0746. The van der Waals surface area contributed by atoms with E-state index in [-0.39, 0.29) is 11.8 Å². The van der Waals surface area contributed by atoms with Crippen molar-refractivity contribution in [3.05, 3.63) is 58.7 Å². The topological polar surface area (TPSA) is 67.9 Å². The van der Waals surface area contributed by atoms with Gasteiger partial charge >= 0.3 is 0 Å². The highest BCUT2D eigenvalue weighted by atomic mass is 16.5. The van der Waals surface area contributed by atoms with Crippen molar-refractivity contribution in [1.82, 2.24) is 10.2 Å². The van der Waals surface area contributed by atoms with Crippen molar-refractivity contribution in [1.29, 1.82) is 0 Å². The van der Waals surface area contributed by atoms with Gasteiger partial charge in [-0.25, -0.2) is 0 Å². The number of methoxy groups -OCH3 is 2. The molecule has 0 bridgehead atoms. The average molecular weight is 380 g/mol. The van der Waals surface area contributed by atoms with E-state index in [1.54, 1.807) is 38.5 Å². The summed E-state index contributed by atoms with van der Waals surface area (Å²) in [5, 5.41) is 2.96. The number of benzene rings is 2. The molecule has 2 aromatic rings. The summed E-state index contributed by atoms with van der Waals surface area (Å²) in [4.78, 5) is 26.9. The molecular formula is C22H24N2O4. The molecule has 1 aliphatic carbocycles. The van der Waals surface area contributed by atoms with Crippen molar-refractivity contribution < 1.29 is 19.1 Å². The summed E-state index contributed by atoms with van der Waals surface area (Å²) >= 11 is 0. The van der Waals surface area contributed by atoms with Gasteiger partial charge in [0.2, 0.25) is 0 Å². The number of hydrogen-bond acceptors (Lipinski definition) is 4. The number of fused-ring (bicyclic) bond motifs is 1. The minimum absolute atomic E-state index is 0.0328. The highest BCUT2D eigenvalue weighted by Crippen LogP contribution is 2.33. The van der Waals surface area contributed by atoms with Gasteiger partial charge in [0.15, 0.2) is 11.5 Å². The van der Waals surface area contributed by atoms with E-state index in [0.29, 0.717) is 41.8 Å². The fraction of sp³-hybridized carbons (Fsp3) is 0.364. The number of carbonyl (C=O) groups excluding carboxylic acids is 2. The van der Waals surface area contributed by atoms with E-state index < -0.39 is 0 Å². The molecule has 6 nitrogen and oxygen atoms in total.